The lowest BCUT2D eigenvalue weighted by Crippen LogP contribution is -2.10. The van der Waals surface area contributed by atoms with E-state index in [4.69, 9.17) is 4.74 Å². The molecular weight excluding hydrogens is 296 g/mol. The summed E-state index contributed by atoms with van der Waals surface area (Å²) in [5.41, 5.74) is 0.812. The Bertz CT molecular complexity index is 500. The summed E-state index contributed by atoms with van der Waals surface area (Å²) in [6.45, 7) is 4.37. The van der Waals surface area contributed by atoms with Crippen LogP contribution in [0.3, 0.4) is 0 Å². The topological polar surface area (TPSA) is 51.5 Å². The van der Waals surface area contributed by atoms with Gasteiger partial charge >= 0.3 is 0 Å². The van der Waals surface area contributed by atoms with Crippen LogP contribution in [0.2, 0.25) is 0 Å². The van der Waals surface area contributed by atoms with Gasteiger partial charge in [-0.15, -0.1) is 5.10 Å². The molecule has 5 nitrogen and oxygen atoms in total. The predicted octanol–water partition coefficient (Wildman–Crippen LogP) is 2.72. The van der Waals surface area contributed by atoms with Gasteiger partial charge in [-0.3, -0.25) is 0 Å². The average molecular weight is 313 g/mol. The van der Waals surface area contributed by atoms with Crippen molar-refractivity contribution in [1.29, 1.82) is 0 Å². The lowest BCUT2D eigenvalue weighted by Gasteiger charge is -2.03. The molecular formula is C12H17BrN4O. The summed E-state index contributed by atoms with van der Waals surface area (Å²) in [5.74, 6) is 0.626. The third-order valence-corrected chi connectivity index (χ3v) is 3.11. The average Bonchev–Trinajstić information content (AvgIpc) is 2.78. The molecule has 0 aromatic carbocycles. The number of pyridine rings is 1. The van der Waals surface area contributed by atoms with Gasteiger partial charge in [-0.1, -0.05) is 13.3 Å². The fraction of sp³-hybridized carbons (Fsp3) is 0.500. The Kier molecular flexibility index (Phi) is 4.95. The number of fused-ring (bicyclic) bond motifs is 1. The third kappa shape index (κ3) is 3.43. The highest BCUT2D eigenvalue weighted by Crippen LogP contribution is 2.16. The molecule has 0 aliphatic heterocycles. The smallest absolute Gasteiger partial charge is 0.243 e. The molecule has 2 aromatic heterocycles. The van der Waals surface area contributed by atoms with Gasteiger partial charge in [0.1, 0.15) is 0 Å². The maximum absolute atomic E-state index is 5.46. The zero-order valence-electron chi connectivity index (χ0n) is 10.4. The number of halogens is 1. The first-order chi connectivity index (χ1) is 8.81. The second kappa shape index (κ2) is 6.70. The number of aromatic nitrogens is 3. The summed E-state index contributed by atoms with van der Waals surface area (Å²) in [5, 5.41) is 7.47. The van der Waals surface area contributed by atoms with Crippen LogP contribution in [0.25, 0.3) is 5.65 Å². The molecule has 0 spiro atoms. The van der Waals surface area contributed by atoms with E-state index in [1.807, 2.05) is 18.3 Å². The van der Waals surface area contributed by atoms with Crippen LogP contribution in [0, 0.1) is 0 Å². The Morgan fingerprint density at radius 1 is 1.44 bits per heavy atom. The van der Waals surface area contributed by atoms with Crippen LogP contribution in [-0.2, 0) is 4.74 Å². The van der Waals surface area contributed by atoms with E-state index in [0.717, 1.165) is 36.1 Å². The molecule has 2 rings (SSSR count). The standard InChI is InChI=1S/C12H17BrN4O/c1-2-3-8-18-9-6-14-12-15-11-10(13)5-4-7-17(11)16-12/h4-5,7H,2-3,6,8-9H2,1H3,(H,14,16). The first-order valence-electron chi connectivity index (χ1n) is 6.13. The molecule has 0 saturated carbocycles. The van der Waals surface area contributed by atoms with Crippen molar-refractivity contribution in [2.75, 3.05) is 25.1 Å². The van der Waals surface area contributed by atoms with Crippen molar-refractivity contribution in [1.82, 2.24) is 14.6 Å². The second-order valence-electron chi connectivity index (χ2n) is 3.95. The number of anilines is 1. The van der Waals surface area contributed by atoms with Gasteiger partial charge in [0.15, 0.2) is 5.65 Å². The summed E-state index contributed by atoms with van der Waals surface area (Å²) in [6, 6.07) is 3.87. The zero-order chi connectivity index (χ0) is 12.8. The van der Waals surface area contributed by atoms with Crippen molar-refractivity contribution in [2.24, 2.45) is 0 Å². The number of nitrogens with zero attached hydrogens (tertiary/aromatic N) is 3. The molecule has 18 heavy (non-hydrogen) atoms. The quantitative estimate of drug-likeness (QED) is 0.799. The number of unbranched alkanes of at least 4 members (excludes halogenated alkanes) is 1. The fourth-order valence-corrected chi connectivity index (χ4v) is 1.95. The maximum Gasteiger partial charge on any atom is 0.243 e. The zero-order valence-corrected chi connectivity index (χ0v) is 12.0. The Morgan fingerprint density at radius 3 is 3.11 bits per heavy atom. The van der Waals surface area contributed by atoms with Crippen LogP contribution in [-0.4, -0.2) is 34.4 Å². The van der Waals surface area contributed by atoms with Gasteiger partial charge in [0.05, 0.1) is 11.1 Å². The van der Waals surface area contributed by atoms with Crippen molar-refractivity contribution in [3.63, 3.8) is 0 Å². The third-order valence-electron chi connectivity index (χ3n) is 2.49. The molecule has 1 N–H and O–H groups in total. The molecule has 0 atom stereocenters. The van der Waals surface area contributed by atoms with Gasteiger partial charge in [-0.05, 0) is 34.5 Å². The minimum Gasteiger partial charge on any atom is -0.380 e. The predicted molar refractivity (Wildman–Crippen MR) is 74.9 cm³/mol. The van der Waals surface area contributed by atoms with Crippen molar-refractivity contribution in [3.8, 4) is 0 Å². The van der Waals surface area contributed by atoms with Crippen LogP contribution in [0.1, 0.15) is 19.8 Å². The van der Waals surface area contributed by atoms with Gasteiger partial charge in [0, 0.05) is 19.3 Å². The number of nitrogens with one attached hydrogen (secondary N) is 1. The summed E-state index contributed by atoms with van der Waals surface area (Å²) in [4.78, 5) is 4.38. The molecule has 0 amide bonds. The molecule has 2 aromatic rings. The number of hydrogen-bond donors (Lipinski definition) is 1. The molecule has 0 radical (unpaired) electrons. The summed E-state index contributed by atoms with van der Waals surface area (Å²) in [7, 11) is 0. The van der Waals surface area contributed by atoms with E-state index < -0.39 is 0 Å². The Labute approximate surface area is 115 Å². The van der Waals surface area contributed by atoms with E-state index in [2.05, 4.69) is 38.3 Å². The second-order valence-corrected chi connectivity index (χ2v) is 4.81. The number of rotatable bonds is 7. The fourth-order valence-electron chi connectivity index (χ4n) is 1.53. The minimum absolute atomic E-state index is 0.626. The highest BCUT2D eigenvalue weighted by Gasteiger charge is 2.04. The van der Waals surface area contributed by atoms with Gasteiger partial charge in [0.2, 0.25) is 5.95 Å². The monoisotopic (exact) mass is 312 g/mol. The minimum atomic E-state index is 0.626. The Morgan fingerprint density at radius 2 is 2.33 bits per heavy atom. The lowest BCUT2D eigenvalue weighted by atomic mass is 10.4. The summed E-state index contributed by atoms with van der Waals surface area (Å²) < 4.78 is 8.13. The molecule has 0 unspecified atom stereocenters. The van der Waals surface area contributed by atoms with Crippen molar-refractivity contribution >= 4 is 27.5 Å². The lowest BCUT2D eigenvalue weighted by molar-refractivity contribution is 0.141. The molecule has 6 heteroatoms. The van der Waals surface area contributed by atoms with Crippen LogP contribution < -0.4 is 5.32 Å². The van der Waals surface area contributed by atoms with Gasteiger partial charge in [-0.25, -0.2) is 4.52 Å². The summed E-state index contributed by atoms with van der Waals surface area (Å²) >= 11 is 3.44. The van der Waals surface area contributed by atoms with Crippen molar-refractivity contribution in [2.45, 2.75) is 19.8 Å². The van der Waals surface area contributed by atoms with E-state index >= 15 is 0 Å². The first-order valence-corrected chi connectivity index (χ1v) is 6.93. The van der Waals surface area contributed by atoms with Gasteiger partial charge in [-0.2, -0.15) is 4.98 Å². The Hall–Kier alpha value is -1.14. The molecule has 0 bridgehead atoms. The molecule has 0 aliphatic rings. The van der Waals surface area contributed by atoms with Crippen LogP contribution in [0.5, 0.6) is 0 Å². The van der Waals surface area contributed by atoms with Crippen molar-refractivity contribution < 1.29 is 4.74 Å². The van der Waals surface area contributed by atoms with E-state index in [1.54, 1.807) is 4.52 Å². The van der Waals surface area contributed by atoms with Gasteiger partial charge in [0.25, 0.3) is 0 Å². The van der Waals surface area contributed by atoms with E-state index in [9.17, 15) is 0 Å². The number of ether oxygens (including phenoxy) is 1. The van der Waals surface area contributed by atoms with Crippen LogP contribution in [0.4, 0.5) is 5.95 Å². The summed E-state index contributed by atoms with van der Waals surface area (Å²) in [6.07, 6.45) is 4.14. The van der Waals surface area contributed by atoms with Crippen LogP contribution >= 0.6 is 15.9 Å². The Balaban J connectivity index is 1.83. The van der Waals surface area contributed by atoms with E-state index in [1.165, 1.54) is 0 Å². The molecule has 0 saturated heterocycles. The molecule has 0 fully saturated rings. The van der Waals surface area contributed by atoms with Crippen molar-refractivity contribution in [3.05, 3.63) is 22.8 Å². The van der Waals surface area contributed by atoms with Gasteiger partial charge < -0.3 is 10.1 Å². The van der Waals surface area contributed by atoms with E-state index in [0.29, 0.717) is 12.6 Å². The highest BCUT2D eigenvalue weighted by molar-refractivity contribution is 9.10. The SMILES string of the molecule is CCCCOCCNc1nc2c(Br)cccn2n1. The first kappa shape index (κ1) is 13.3. The maximum atomic E-state index is 5.46. The molecule has 98 valence electrons. The van der Waals surface area contributed by atoms with E-state index in [-0.39, 0.29) is 0 Å². The largest absolute Gasteiger partial charge is 0.380 e. The molecule has 2 heterocycles. The number of hydrogen-bond acceptors (Lipinski definition) is 4. The molecule has 0 aliphatic carbocycles. The normalized spacial score (nSPS) is 11.0. The highest BCUT2D eigenvalue weighted by atomic mass is 79.9. The van der Waals surface area contributed by atoms with Crippen LogP contribution in [0.15, 0.2) is 22.8 Å².